The number of rotatable bonds is 2. The molecule has 1 unspecified atom stereocenters. The minimum atomic E-state index is -2.90. The molecule has 6 nitrogen and oxygen atoms in total. The summed E-state index contributed by atoms with van der Waals surface area (Å²) in [6.07, 6.45) is 0. The van der Waals surface area contributed by atoms with Gasteiger partial charge in [0.25, 0.3) is 0 Å². The first kappa shape index (κ1) is 13.4. The van der Waals surface area contributed by atoms with Gasteiger partial charge in [-0.2, -0.15) is 5.10 Å². The standard InChI is InChI=1S/C11H20N4O2S/c1-8-7-18(16,17)5-4-15(8)11-10(6-12)9(2)13-14(11)3/h8H,4-7,12H2,1-3H3. The van der Waals surface area contributed by atoms with E-state index in [9.17, 15) is 8.42 Å². The van der Waals surface area contributed by atoms with Gasteiger partial charge in [-0.05, 0) is 13.8 Å². The SMILES string of the molecule is Cc1nn(C)c(N2CCS(=O)(=O)CC2C)c1CN. The van der Waals surface area contributed by atoms with Crippen LogP contribution in [0.15, 0.2) is 0 Å². The minimum Gasteiger partial charge on any atom is -0.352 e. The normalized spacial score (nSPS) is 23.3. The maximum Gasteiger partial charge on any atom is 0.154 e. The van der Waals surface area contributed by atoms with Gasteiger partial charge in [0, 0.05) is 31.7 Å². The molecule has 0 saturated carbocycles. The summed E-state index contributed by atoms with van der Waals surface area (Å²) >= 11 is 0. The Morgan fingerprint density at radius 1 is 1.50 bits per heavy atom. The number of sulfone groups is 1. The van der Waals surface area contributed by atoms with E-state index >= 15 is 0 Å². The molecule has 18 heavy (non-hydrogen) atoms. The van der Waals surface area contributed by atoms with Crippen molar-refractivity contribution in [2.24, 2.45) is 12.8 Å². The molecule has 1 aliphatic heterocycles. The Morgan fingerprint density at radius 2 is 2.17 bits per heavy atom. The van der Waals surface area contributed by atoms with Crippen LogP contribution in [-0.2, 0) is 23.4 Å². The summed E-state index contributed by atoms with van der Waals surface area (Å²) in [5.41, 5.74) is 7.69. The molecule has 2 heterocycles. The zero-order chi connectivity index (χ0) is 13.5. The fraction of sp³-hybridized carbons (Fsp3) is 0.727. The fourth-order valence-corrected chi connectivity index (χ4v) is 4.16. The Morgan fingerprint density at radius 3 is 2.72 bits per heavy atom. The molecule has 0 spiro atoms. The Labute approximate surface area is 108 Å². The van der Waals surface area contributed by atoms with E-state index in [1.165, 1.54) is 0 Å². The van der Waals surface area contributed by atoms with Crippen molar-refractivity contribution < 1.29 is 8.42 Å². The van der Waals surface area contributed by atoms with Crippen molar-refractivity contribution in [1.29, 1.82) is 0 Å². The van der Waals surface area contributed by atoms with Gasteiger partial charge in [0.15, 0.2) is 9.84 Å². The third kappa shape index (κ3) is 2.24. The maximum atomic E-state index is 11.6. The highest BCUT2D eigenvalue weighted by molar-refractivity contribution is 7.91. The lowest BCUT2D eigenvalue weighted by atomic mass is 10.2. The van der Waals surface area contributed by atoms with Crippen molar-refractivity contribution in [3.8, 4) is 0 Å². The molecule has 2 rings (SSSR count). The lowest BCUT2D eigenvalue weighted by molar-refractivity contribution is 0.561. The Hall–Kier alpha value is -1.08. The van der Waals surface area contributed by atoms with Crippen LogP contribution in [0.5, 0.6) is 0 Å². The summed E-state index contributed by atoms with van der Waals surface area (Å²) in [5, 5.41) is 4.37. The van der Waals surface area contributed by atoms with Crippen molar-refractivity contribution >= 4 is 15.7 Å². The number of anilines is 1. The highest BCUT2D eigenvalue weighted by atomic mass is 32.2. The van der Waals surface area contributed by atoms with E-state index in [2.05, 4.69) is 10.00 Å². The van der Waals surface area contributed by atoms with E-state index in [0.29, 0.717) is 13.1 Å². The second-order valence-electron chi connectivity index (χ2n) is 4.87. The molecule has 102 valence electrons. The van der Waals surface area contributed by atoms with Crippen LogP contribution < -0.4 is 10.6 Å². The van der Waals surface area contributed by atoms with Gasteiger partial charge >= 0.3 is 0 Å². The molecule has 0 radical (unpaired) electrons. The summed E-state index contributed by atoms with van der Waals surface area (Å²) in [7, 11) is -1.03. The van der Waals surface area contributed by atoms with Crippen LogP contribution in [0.4, 0.5) is 5.82 Å². The zero-order valence-corrected chi connectivity index (χ0v) is 11.9. The van der Waals surface area contributed by atoms with Crippen LogP contribution in [0, 0.1) is 6.92 Å². The smallest absolute Gasteiger partial charge is 0.154 e. The molecule has 1 atom stereocenters. The van der Waals surface area contributed by atoms with Gasteiger partial charge in [-0.3, -0.25) is 4.68 Å². The first-order valence-electron chi connectivity index (χ1n) is 6.05. The molecule has 1 aromatic rings. The summed E-state index contributed by atoms with van der Waals surface area (Å²) in [6.45, 7) is 4.79. The second-order valence-corrected chi connectivity index (χ2v) is 7.10. The van der Waals surface area contributed by atoms with Crippen LogP contribution in [0.2, 0.25) is 0 Å². The maximum absolute atomic E-state index is 11.6. The van der Waals surface area contributed by atoms with E-state index in [1.54, 1.807) is 4.68 Å². The van der Waals surface area contributed by atoms with Gasteiger partial charge in [0.1, 0.15) is 5.82 Å². The molecule has 1 saturated heterocycles. The lowest BCUT2D eigenvalue weighted by Crippen LogP contribution is -2.48. The van der Waals surface area contributed by atoms with Gasteiger partial charge in [-0.1, -0.05) is 0 Å². The lowest BCUT2D eigenvalue weighted by Gasteiger charge is -2.35. The third-order valence-corrected chi connectivity index (χ3v) is 5.25. The predicted octanol–water partition coefficient (Wildman–Crippen LogP) is -0.189. The zero-order valence-electron chi connectivity index (χ0n) is 11.0. The van der Waals surface area contributed by atoms with Crippen LogP contribution in [0.3, 0.4) is 0 Å². The topological polar surface area (TPSA) is 81.2 Å². The van der Waals surface area contributed by atoms with Crippen LogP contribution in [0.1, 0.15) is 18.2 Å². The monoisotopic (exact) mass is 272 g/mol. The summed E-state index contributed by atoms with van der Waals surface area (Å²) in [6, 6.07) is -0.0381. The Balaban J connectivity index is 2.38. The van der Waals surface area contributed by atoms with E-state index in [4.69, 9.17) is 5.73 Å². The first-order valence-corrected chi connectivity index (χ1v) is 7.87. The van der Waals surface area contributed by atoms with E-state index in [0.717, 1.165) is 17.1 Å². The molecule has 7 heteroatoms. The largest absolute Gasteiger partial charge is 0.352 e. The first-order chi connectivity index (χ1) is 8.35. The molecule has 1 aromatic heterocycles. The van der Waals surface area contributed by atoms with Gasteiger partial charge in [0.2, 0.25) is 0 Å². The van der Waals surface area contributed by atoms with Gasteiger partial charge in [0.05, 0.1) is 17.2 Å². The number of hydrogen-bond acceptors (Lipinski definition) is 5. The fourth-order valence-electron chi connectivity index (χ4n) is 2.60. The number of hydrogen-bond donors (Lipinski definition) is 1. The summed E-state index contributed by atoms with van der Waals surface area (Å²) < 4.78 is 25.0. The highest BCUT2D eigenvalue weighted by Gasteiger charge is 2.31. The van der Waals surface area contributed by atoms with Gasteiger partial charge in [-0.15, -0.1) is 0 Å². The molecular formula is C11H20N4O2S. The molecule has 0 aliphatic carbocycles. The van der Waals surface area contributed by atoms with E-state index in [1.807, 2.05) is 20.9 Å². The van der Waals surface area contributed by atoms with Crippen molar-refractivity contribution in [3.05, 3.63) is 11.3 Å². The number of aromatic nitrogens is 2. The highest BCUT2D eigenvalue weighted by Crippen LogP contribution is 2.27. The van der Waals surface area contributed by atoms with Crippen molar-refractivity contribution in [3.63, 3.8) is 0 Å². The molecule has 1 aliphatic rings. The Kier molecular flexibility index (Phi) is 3.37. The minimum absolute atomic E-state index is 0.0381. The molecule has 1 fully saturated rings. The van der Waals surface area contributed by atoms with Crippen LogP contribution in [0.25, 0.3) is 0 Å². The number of aryl methyl sites for hydroxylation is 2. The van der Waals surface area contributed by atoms with Crippen molar-refractivity contribution in [1.82, 2.24) is 9.78 Å². The van der Waals surface area contributed by atoms with Crippen molar-refractivity contribution in [2.45, 2.75) is 26.4 Å². The number of nitrogens with two attached hydrogens (primary N) is 1. The Bertz CT molecular complexity index is 550. The van der Waals surface area contributed by atoms with Crippen LogP contribution in [-0.4, -0.2) is 42.3 Å². The average Bonchev–Trinajstić information content (AvgIpc) is 2.52. The molecule has 0 bridgehead atoms. The molecular weight excluding hydrogens is 252 g/mol. The summed E-state index contributed by atoms with van der Waals surface area (Å²) in [4.78, 5) is 2.10. The van der Waals surface area contributed by atoms with E-state index in [-0.39, 0.29) is 17.5 Å². The quantitative estimate of drug-likeness (QED) is 0.807. The second kappa shape index (κ2) is 4.55. The molecule has 0 aromatic carbocycles. The average molecular weight is 272 g/mol. The predicted molar refractivity (Wildman–Crippen MR) is 71.3 cm³/mol. The number of nitrogens with zero attached hydrogens (tertiary/aromatic N) is 3. The van der Waals surface area contributed by atoms with Crippen LogP contribution >= 0.6 is 0 Å². The van der Waals surface area contributed by atoms with E-state index < -0.39 is 9.84 Å². The van der Waals surface area contributed by atoms with Crippen molar-refractivity contribution in [2.75, 3.05) is 23.0 Å². The molecule has 2 N–H and O–H groups in total. The van der Waals surface area contributed by atoms with Gasteiger partial charge < -0.3 is 10.6 Å². The summed E-state index contributed by atoms with van der Waals surface area (Å²) in [5.74, 6) is 1.35. The van der Waals surface area contributed by atoms with Gasteiger partial charge in [-0.25, -0.2) is 8.42 Å². The third-order valence-electron chi connectivity index (χ3n) is 3.46. The molecule has 0 amide bonds.